The highest BCUT2D eigenvalue weighted by molar-refractivity contribution is 6.08. The monoisotopic (exact) mass is 571 g/mol. The number of amides is 2. The third kappa shape index (κ3) is 5.90. The topological polar surface area (TPSA) is 125 Å². The standard InChI is InChI=1S/C31H33N5O6/c1-6-40-21-13-11-20(12-14-21)29(30(39)32-31(3,4)5)36(25-16-27-26(41-18-42-27)15-22(25)19(2)37)28(38)17-35-24-10-8-7-9-23(24)33-34-35/h7-16,29H,6,17-18H2,1-5H3,(H,32,39)/t29-/m1/s1. The largest absolute Gasteiger partial charge is 0.494 e. The number of hydrogen-bond acceptors (Lipinski definition) is 8. The van der Waals surface area contributed by atoms with Crippen molar-refractivity contribution in [1.29, 1.82) is 0 Å². The van der Waals surface area contributed by atoms with Crippen LogP contribution in [0.25, 0.3) is 11.0 Å². The molecule has 218 valence electrons. The second-order valence-corrected chi connectivity index (χ2v) is 10.9. The Hall–Kier alpha value is -4.93. The molecule has 0 aliphatic carbocycles. The summed E-state index contributed by atoms with van der Waals surface area (Å²) in [5.74, 6) is 0.131. The Morgan fingerprint density at radius 2 is 1.74 bits per heavy atom. The highest BCUT2D eigenvalue weighted by atomic mass is 16.7. The van der Waals surface area contributed by atoms with Gasteiger partial charge in [-0.3, -0.25) is 19.3 Å². The van der Waals surface area contributed by atoms with Gasteiger partial charge in [0.05, 0.1) is 17.8 Å². The maximum atomic E-state index is 14.4. The van der Waals surface area contributed by atoms with E-state index in [2.05, 4.69) is 15.6 Å². The number of rotatable bonds is 9. The minimum Gasteiger partial charge on any atom is -0.494 e. The number of Topliss-reactive ketones (excluding diaryl/α,β-unsaturated/α-hetero) is 1. The Bertz CT molecular complexity index is 1640. The molecule has 1 aromatic heterocycles. The van der Waals surface area contributed by atoms with Crippen molar-refractivity contribution in [1.82, 2.24) is 20.3 Å². The fourth-order valence-corrected chi connectivity index (χ4v) is 4.84. The van der Waals surface area contributed by atoms with E-state index in [1.807, 2.05) is 45.9 Å². The van der Waals surface area contributed by atoms with Crippen LogP contribution in [-0.2, 0) is 16.1 Å². The first-order chi connectivity index (χ1) is 20.1. The minimum atomic E-state index is -1.17. The molecule has 4 aromatic rings. The smallest absolute Gasteiger partial charge is 0.249 e. The van der Waals surface area contributed by atoms with Crippen molar-refractivity contribution in [2.75, 3.05) is 18.3 Å². The van der Waals surface area contributed by atoms with Gasteiger partial charge in [0.1, 0.15) is 23.9 Å². The Morgan fingerprint density at radius 3 is 2.40 bits per heavy atom. The molecular formula is C31H33N5O6. The third-order valence-electron chi connectivity index (χ3n) is 6.62. The van der Waals surface area contributed by atoms with Gasteiger partial charge in [-0.15, -0.1) is 5.10 Å². The van der Waals surface area contributed by atoms with E-state index in [1.54, 1.807) is 42.5 Å². The van der Waals surface area contributed by atoms with Crippen LogP contribution in [0, 0.1) is 0 Å². The van der Waals surface area contributed by atoms with Crippen LogP contribution >= 0.6 is 0 Å². The maximum Gasteiger partial charge on any atom is 0.249 e. The molecule has 0 radical (unpaired) electrons. The van der Waals surface area contributed by atoms with E-state index in [1.165, 1.54) is 16.5 Å². The summed E-state index contributed by atoms with van der Waals surface area (Å²) in [6.45, 7) is 9.05. The molecule has 2 heterocycles. The van der Waals surface area contributed by atoms with Crippen molar-refractivity contribution < 1.29 is 28.6 Å². The number of fused-ring (bicyclic) bond motifs is 2. The first-order valence-electron chi connectivity index (χ1n) is 13.7. The zero-order valence-electron chi connectivity index (χ0n) is 24.2. The maximum absolute atomic E-state index is 14.4. The molecular weight excluding hydrogens is 538 g/mol. The lowest BCUT2D eigenvalue weighted by Crippen LogP contribution is -2.50. The van der Waals surface area contributed by atoms with Crippen LogP contribution in [0.1, 0.15) is 56.6 Å². The van der Waals surface area contributed by atoms with Gasteiger partial charge in [0, 0.05) is 17.2 Å². The molecule has 0 spiro atoms. The molecule has 0 unspecified atom stereocenters. The summed E-state index contributed by atoms with van der Waals surface area (Å²) in [4.78, 5) is 42.9. The van der Waals surface area contributed by atoms with Gasteiger partial charge in [0.2, 0.25) is 18.6 Å². The van der Waals surface area contributed by atoms with Gasteiger partial charge in [-0.25, -0.2) is 4.68 Å². The zero-order chi connectivity index (χ0) is 30.0. The van der Waals surface area contributed by atoms with Crippen molar-refractivity contribution in [3.8, 4) is 17.2 Å². The molecule has 0 fully saturated rings. The van der Waals surface area contributed by atoms with Crippen molar-refractivity contribution in [3.63, 3.8) is 0 Å². The molecule has 11 nitrogen and oxygen atoms in total. The number of nitrogens with one attached hydrogen (secondary N) is 1. The zero-order valence-corrected chi connectivity index (χ0v) is 24.2. The molecule has 0 saturated heterocycles. The average molecular weight is 572 g/mol. The number of hydrogen-bond donors (Lipinski definition) is 1. The predicted octanol–water partition coefficient (Wildman–Crippen LogP) is 4.45. The summed E-state index contributed by atoms with van der Waals surface area (Å²) < 4.78 is 18.2. The van der Waals surface area contributed by atoms with Crippen molar-refractivity contribution in [2.45, 2.75) is 52.7 Å². The molecule has 11 heteroatoms. The Labute approximate surface area is 243 Å². The number of carbonyl (C=O) groups is 3. The molecule has 1 atom stereocenters. The van der Waals surface area contributed by atoms with E-state index in [0.717, 1.165) is 0 Å². The summed E-state index contributed by atoms with van der Waals surface area (Å²) in [6.07, 6.45) is 0. The fraction of sp³-hybridized carbons (Fsp3) is 0.323. The van der Waals surface area contributed by atoms with Gasteiger partial charge in [0.25, 0.3) is 0 Å². The van der Waals surface area contributed by atoms with Crippen LogP contribution in [-0.4, -0.2) is 51.5 Å². The quantitative estimate of drug-likeness (QED) is 0.292. The van der Waals surface area contributed by atoms with Gasteiger partial charge in [-0.05, 0) is 70.5 Å². The minimum absolute atomic E-state index is 0.0259. The van der Waals surface area contributed by atoms with E-state index < -0.39 is 23.4 Å². The first-order valence-corrected chi connectivity index (χ1v) is 13.7. The summed E-state index contributed by atoms with van der Waals surface area (Å²) in [6, 6.07) is 16.2. The second kappa shape index (κ2) is 11.5. The number of nitrogens with zero attached hydrogens (tertiary/aromatic N) is 4. The van der Waals surface area contributed by atoms with E-state index in [9.17, 15) is 14.4 Å². The molecule has 2 amide bonds. The van der Waals surface area contributed by atoms with Gasteiger partial charge >= 0.3 is 0 Å². The highest BCUT2D eigenvalue weighted by Gasteiger charge is 2.37. The molecule has 1 aliphatic heterocycles. The molecule has 42 heavy (non-hydrogen) atoms. The van der Waals surface area contributed by atoms with E-state index in [0.29, 0.717) is 40.5 Å². The number of ether oxygens (including phenoxy) is 3. The summed E-state index contributed by atoms with van der Waals surface area (Å²) >= 11 is 0. The van der Waals surface area contributed by atoms with Gasteiger partial charge in [-0.1, -0.05) is 29.5 Å². The lowest BCUT2D eigenvalue weighted by Gasteiger charge is -2.34. The molecule has 1 aliphatic rings. The molecule has 3 aromatic carbocycles. The number of anilines is 1. The average Bonchev–Trinajstić information content (AvgIpc) is 3.57. The molecule has 1 N–H and O–H groups in total. The van der Waals surface area contributed by atoms with E-state index >= 15 is 0 Å². The Morgan fingerprint density at radius 1 is 1.05 bits per heavy atom. The lowest BCUT2D eigenvalue weighted by atomic mass is 9.98. The van der Waals surface area contributed by atoms with Crippen LogP contribution in [0.2, 0.25) is 0 Å². The Balaban J connectivity index is 1.69. The molecule has 5 rings (SSSR count). The van der Waals surface area contributed by atoms with Gasteiger partial charge < -0.3 is 19.5 Å². The lowest BCUT2D eigenvalue weighted by molar-refractivity contribution is -0.128. The first kappa shape index (κ1) is 28.6. The molecule has 0 bridgehead atoms. The molecule has 0 saturated carbocycles. The number of benzene rings is 3. The second-order valence-electron chi connectivity index (χ2n) is 10.9. The van der Waals surface area contributed by atoms with E-state index in [-0.39, 0.29) is 30.4 Å². The third-order valence-corrected chi connectivity index (χ3v) is 6.62. The summed E-state index contributed by atoms with van der Waals surface area (Å²) in [5.41, 5.74) is 1.59. The van der Waals surface area contributed by atoms with Gasteiger partial charge in [0.15, 0.2) is 17.3 Å². The van der Waals surface area contributed by atoms with Crippen LogP contribution in [0.3, 0.4) is 0 Å². The fourth-order valence-electron chi connectivity index (χ4n) is 4.84. The van der Waals surface area contributed by atoms with Crippen LogP contribution in [0.4, 0.5) is 5.69 Å². The number of carbonyl (C=O) groups excluding carboxylic acids is 3. The normalized spacial score (nSPS) is 13.1. The number of para-hydroxylation sites is 1. The number of aromatic nitrogens is 3. The van der Waals surface area contributed by atoms with Crippen LogP contribution in [0.5, 0.6) is 17.2 Å². The van der Waals surface area contributed by atoms with Crippen molar-refractivity contribution in [3.05, 3.63) is 71.8 Å². The Kier molecular flexibility index (Phi) is 7.84. The highest BCUT2D eigenvalue weighted by Crippen LogP contribution is 2.41. The summed E-state index contributed by atoms with van der Waals surface area (Å²) in [7, 11) is 0. The van der Waals surface area contributed by atoms with Crippen molar-refractivity contribution >= 4 is 34.3 Å². The van der Waals surface area contributed by atoms with Gasteiger partial charge in [-0.2, -0.15) is 0 Å². The van der Waals surface area contributed by atoms with Crippen LogP contribution in [0.15, 0.2) is 60.7 Å². The number of ketones is 1. The van der Waals surface area contributed by atoms with Crippen LogP contribution < -0.4 is 24.4 Å². The van der Waals surface area contributed by atoms with E-state index in [4.69, 9.17) is 14.2 Å². The SMILES string of the molecule is CCOc1ccc([C@H](C(=O)NC(C)(C)C)N(C(=O)Cn2nnc3ccccc32)c2cc3c(cc2C(C)=O)OCO3)cc1. The van der Waals surface area contributed by atoms with Crippen molar-refractivity contribution in [2.24, 2.45) is 0 Å². The predicted molar refractivity (Wildman–Crippen MR) is 156 cm³/mol. The summed E-state index contributed by atoms with van der Waals surface area (Å²) in [5, 5.41) is 11.4.